The number of ether oxygens (including phenoxy) is 3. The molecule has 1 aliphatic heterocycles. The summed E-state index contributed by atoms with van der Waals surface area (Å²) in [6, 6.07) is 20.8. The maximum absolute atomic E-state index is 11.6. The van der Waals surface area contributed by atoms with Crippen molar-refractivity contribution in [1.82, 2.24) is 5.32 Å². The molecule has 3 aromatic carbocycles. The van der Waals surface area contributed by atoms with E-state index in [-0.39, 0.29) is 18.3 Å². The Balaban J connectivity index is 1.31. The first-order chi connectivity index (χ1) is 18.0. The zero-order chi connectivity index (χ0) is 26.0. The van der Waals surface area contributed by atoms with Crippen LogP contribution in [0.5, 0.6) is 17.2 Å². The fourth-order valence-electron chi connectivity index (χ4n) is 4.27. The van der Waals surface area contributed by atoms with Gasteiger partial charge in [-0.25, -0.2) is 4.79 Å². The van der Waals surface area contributed by atoms with Crippen LogP contribution in [0.4, 0.5) is 0 Å². The Labute approximate surface area is 218 Å². The molecule has 196 valence electrons. The van der Waals surface area contributed by atoms with Crippen LogP contribution in [0.1, 0.15) is 42.1 Å². The van der Waals surface area contributed by atoms with E-state index in [1.54, 1.807) is 6.07 Å². The second kappa shape index (κ2) is 13.1. The highest BCUT2D eigenvalue weighted by atomic mass is 16.5. The van der Waals surface area contributed by atoms with Crippen LogP contribution in [0.15, 0.2) is 66.7 Å². The van der Waals surface area contributed by atoms with Crippen molar-refractivity contribution in [2.24, 2.45) is 0 Å². The van der Waals surface area contributed by atoms with Gasteiger partial charge in [-0.3, -0.25) is 0 Å². The molecule has 4 rings (SSSR count). The van der Waals surface area contributed by atoms with Crippen LogP contribution in [-0.2, 0) is 6.42 Å². The fraction of sp³-hybridized carbons (Fsp3) is 0.367. The summed E-state index contributed by atoms with van der Waals surface area (Å²) in [6.07, 6.45) is 3.00. The molecule has 7 nitrogen and oxygen atoms in total. The van der Waals surface area contributed by atoms with E-state index in [0.717, 1.165) is 53.9 Å². The Kier molecular flexibility index (Phi) is 9.40. The summed E-state index contributed by atoms with van der Waals surface area (Å²) in [5, 5.41) is 23.0. The van der Waals surface area contributed by atoms with Crippen molar-refractivity contribution < 1.29 is 29.2 Å². The monoisotopic (exact) mass is 505 g/mol. The van der Waals surface area contributed by atoms with Crippen molar-refractivity contribution >= 4 is 5.97 Å². The van der Waals surface area contributed by atoms with Gasteiger partial charge in [0.1, 0.15) is 41.6 Å². The normalized spacial score (nSPS) is 15.4. The molecule has 1 aliphatic rings. The van der Waals surface area contributed by atoms with Gasteiger partial charge in [0.05, 0.1) is 6.61 Å². The second-order valence-corrected chi connectivity index (χ2v) is 9.26. The van der Waals surface area contributed by atoms with Gasteiger partial charge in [0.25, 0.3) is 0 Å². The highest BCUT2D eigenvalue weighted by Crippen LogP contribution is 2.34. The molecule has 0 amide bonds. The summed E-state index contributed by atoms with van der Waals surface area (Å²) in [7, 11) is 0. The minimum atomic E-state index is -0.993. The van der Waals surface area contributed by atoms with Crippen LogP contribution in [0.25, 0.3) is 11.1 Å². The van der Waals surface area contributed by atoms with E-state index >= 15 is 0 Å². The molecule has 0 spiro atoms. The van der Waals surface area contributed by atoms with Crippen LogP contribution in [0.2, 0.25) is 0 Å². The lowest BCUT2D eigenvalue weighted by molar-refractivity contribution is 0.0692. The average molecular weight is 506 g/mol. The number of carboxylic acids is 1. The van der Waals surface area contributed by atoms with E-state index in [9.17, 15) is 15.0 Å². The fourth-order valence-corrected chi connectivity index (χ4v) is 4.27. The first-order valence-corrected chi connectivity index (χ1v) is 12.9. The molecular weight excluding hydrogens is 470 g/mol. The zero-order valence-electron chi connectivity index (χ0n) is 21.2. The topological polar surface area (TPSA) is 97.3 Å². The highest BCUT2D eigenvalue weighted by Gasteiger charge is 2.21. The molecule has 0 aliphatic carbocycles. The van der Waals surface area contributed by atoms with Gasteiger partial charge in [0, 0.05) is 13.1 Å². The lowest BCUT2D eigenvalue weighted by atomic mass is 9.96. The van der Waals surface area contributed by atoms with Crippen molar-refractivity contribution in [3.05, 3.63) is 77.9 Å². The predicted molar refractivity (Wildman–Crippen MR) is 143 cm³/mol. The molecule has 1 heterocycles. The second-order valence-electron chi connectivity index (χ2n) is 9.26. The third kappa shape index (κ3) is 7.47. The van der Waals surface area contributed by atoms with E-state index in [4.69, 9.17) is 14.2 Å². The van der Waals surface area contributed by atoms with Crippen LogP contribution in [0, 0.1) is 0 Å². The number of para-hydroxylation sites is 1. The van der Waals surface area contributed by atoms with E-state index in [2.05, 4.69) is 18.3 Å². The molecule has 2 atom stereocenters. The molecule has 7 heteroatoms. The largest absolute Gasteiger partial charge is 0.493 e. The Morgan fingerprint density at radius 2 is 1.86 bits per heavy atom. The Morgan fingerprint density at radius 1 is 1.08 bits per heavy atom. The molecule has 0 saturated heterocycles. The maximum atomic E-state index is 11.6. The quantitative estimate of drug-likeness (QED) is 0.283. The average Bonchev–Trinajstić information content (AvgIpc) is 2.92. The van der Waals surface area contributed by atoms with Crippen molar-refractivity contribution in [3.8, 4) is 28.4 Å². The minimum absolute atomic E-state index is 0.0222. The molecule has 0 saturated carbocycles. The smallest absolute Gasteiger partial charge is 0.339 e. The number of aromatic carboxylic acids is 1. The van der Waals surface area contributed by atoms with Gasteiger partial charge in [0.2, 0.25) is 0 Å². The van der Waals surface area contributed by atoms with Crippen LogP contribution >= 0.6 is 0 Å². The van der Waals surface area contributed by atoms with Crippen LogP contribution < -0.4 is 19.5 Å². The highest BCUT2D eigenvalue weighted by molar-refractivity contribution is 5.92. The molecule has 3 N–H and O–H groups in total. The number of hydrogen-bond acceptors (Lipinski definition) is 6. The van der Waals surface area contributed by atoms with E-state index < -0.39 is 12.1 Å². The molecule has 0 aromatic heterocycles. The third-order valence-corrected chi connectivity index (χ3v) is 6.33. The van der Waals surface area contributed by atoms with Gasteiger partial charge >= 0.3 is 5.97 Å². The predicted octanol–water partition coefficient (Wildman–Crippen LogP) is 4.95. The lowest BCUT2D eigenvalue weighted by Crippen LogP contribution is -2.39. The SMILES string of the molecule is CCCCOc1cc(-c2ccc3c(c2)CC[C@H](CNC[C@H](O)COc2ccccc2)O3)ccc1C(=O)O. The molecule has 3 aromatic rings. The summed E-state index contributed by atoms with van der Waals surface area (Å²) in [5.74, 6) is 1.00. The molecule has 0 fully saturated rings. The van der Waals surface area contributed by atoms with Gasteiger partial charge in [-0.05, 0) is 72.4 Å². The van der Waals surface area contributed by atoms with Gasteiger partial charge in [-0.15, -0.1) is 0 Å². The molecular formula is C30H35NO6. The summed E-state index contributed by atoms with van der Waals surface area (Å²) < 4.78 is 17.6. The first-order valence-electron chi connectivity index (χ1n) is 12.9. The minimum Gasteiger partial charge on any atom is -0.493 e. The molecule has 0 radical (unpaired) electrons. The van der Waals surface area contributed by atoms with Crippen molar-refractivity contribution in [1.29, 1.82) is 0 Å². The van der Waals surface area contributed by atoms with Crippen molar-refractivity contribution in [2.75, 3.05) is 26.3 Å². The summed E-state index contributed by atoms with van der Waals surface area (Å²) >= 11 is 0. The Morgan fingerprint density at radius 3 is 2.65 bits per heavy atom. The number of aryl methyl sites for hydroxylation is 1. The van der Waals surface area contributed by atoms with Crippen LogP contribution in [0.3, 0.4) is 0 Å². The maximum Gasteiger partial charge on any atom is 0.339 e. The lowest BCUT2D eigenvalue weighted by Gasteiger charge is -2.27. The number of aliphatic hydroxyl groups excluding tert-OH is 1. The van der Waals surface area contributed by atoms with Gasteiger partial charge in [-0.1, -0.05) is 43.7 Å². The van der Waals surface area contributed by atoms with Crippen molar-refractivity contribution in [3.63, 3.8) is 0 Å². The first kappa shape index (κ1) is 26.5. The van der Waals surface area contributed by atoms with Crippen molar-refractivity contribution in [2.45, 2.75) is 44.8 Å². The zero-order valence-corrected chi connectivity index (χ0v) is 21.2. The number of benzene rings is 3. The third-order valence-electron chi connectivity index (χ3n) is 6.33. The van der Waals surface area contributed by atoms with E-state index in [1.807, 2.05) is 54.6 Å². The van der Waals surface area contributed by atoms with Gasteiger partial charge in [0.15, 0.2) is 0 Å². The number of nitrogens with one attached hydrogen (secondary N) is 1. The van der Waals surface area contributed by atoms with Gasteiger partial charge < -0.3 is 29.7 Å². The van der Waals surface area contributed by atoms with E-state index in [1.165, 1.54) is 0 Å². The van der Waals surface area contributed by atoms with Gasteiger partial charge in [-0.2, -0.15) is 0 Å². The van der Waals surface area contributed by atoms with E-state index in [0.29, 0.717) is 25.4 Å². The van der Waals surface area contributed by atoms with Crippen LogP contribution in [-0.4, -0.2) is 54.7 Å². The molecule has 0 unspecified atom stereocenters. The Bertz CT molecular complexity index is 1170. The molecule has 37 heavy (non-hydrogen) atoms. The molecule has 0 bridgehead atoms. The number of unbranched alkanes of at least 4 members (excludes halogenated alkanes) is 1. The number of carboxylic acid groups (broad SMARTS) is 1. The number of fused-ring (bicyclic) bond motifs is 1. The summed E-state index contributed by atoms with van der Waals surface area (Å²) in [5.41, 5.74) is 3.21. The summed E-state index contributed by atoms with van der Waals surface area (Å²) in [6.45, 7) is 3.85. The number of carbonyl (C=O) groups is 1. The number of rotatable bonds is 13. The number of aliphatic hydroxyl groups is 1. The number of hydrogen-bond donors (Lipinski definition) is 3. The Hall–Kier alpha value is -3.55. The standard InChI is InChI=1S/C30H35NO6/c1-2-3-15-35-29-17-22(10-13-27(29)30(33)34)21-11-14-28-23(16-21)9-12-26(37-28)19-31-18-24(32)20-36-25-7-5-4-6-8-25/h4-8,10-11,13-14,16-17,24,26,31-32H,2-3,9,12,15,18-20H2,1H3,(H,33,34)/t24-,26+/m0/s1. The summed E-state index contributed by atoms with van der Waals surface area (Å²) in [4.78, 5) is 11.6.